The van der Waals surface area contributed by atoms with Crippen LogP contribution in [0.1, 0.15) is 45.1 Å². The molecule has 1 aliphatic rings. The summed E-state index contributed by atoms with van der Waals surface area (Å²) in [6.07, 6.45) is 3.63. The van der Waals surface area contributed by atoms with Gasteiger partial charge in [0.05, 0.1) is 13.2 Å². The second-order valence-corrected chi connectivity index (χ2v) is 7.20. The summed E-state index contributed by atoms with van der Waals surface area (Å²) in [4.78, 5) is 16.3. The summed E-state index contributed by atoms with van der Waals surface area (Å²) in [7, 11) is 0. The average molecular weight is 502 g/mol. The van der Waals surface area contributed by atoms with Crippen molar-refractivity contribution in [2.45, 2.75) is 52.2 Å². The summed E-state index contributed by atoms with van der Waals surface area (Å²) < 4.78 is 5.78. The van der Waals surface area contributed by atoms with Crippen molar-refractivity contribution in [2.75, 3.05) is 26.2 Å². The first-order valence-corrected chi connectivity index (χ1v) is 10.1. The molecule has 0 radical (unpaired) electrons. The van der Waals surface area contributed by atoms with Crippen LogP contribution in [0.3, 0.4) is 0 Å². The number of guanidine groups is 1. The van der Waals surface area contributed by atoms with Gasteiger partial charge in [-0.1, -0.05) is 37.3 Å². The average Bonchev–Trinajstić information content (AvgIpc) is 3.48. The molecule has 2 rings (SSSR count). The number of hydrogen-bond acceptors (Lipinski definition) is 3. The molecule has 1 amide bonds. The number of carbonyl (C=O) groups excluding carboxylic acids is 1. The Morgan fingerprint density at radius 3 is 2.68 bits per heavy atom. The number of amides is 1. The third-order valence-corrected chi connectivity index (χ3v) is 4.23. The Morgan fingerprint density at radius 1 is 1.25 bits per heavy atom. The number of aliphatic imine (C=N–C) groups is 1. The summed E-state index contributed by atoms with van der Waals surface area (Å²) in [6, 6.07) is 10.6. The van der Waals surface area contributed by atoms with Crippen LogP contribution in [-0.2, 0) is 16.1 Å². The molecule has 0 bridgehead atoms. The zero-order chi connectivity index (χ0) is 19.3. The molecule has 6 nitrogen and oxygen atoms in total. The van der Waals surface area contributed by atoms with Gasteiger partial charge >= 0.3 is 0 Å². The van der Waals surface area contributed by atoms with E-state index in [1.807, 2.05) is 25.1 Å². The smallest absolute Gasteiger partial charge is 0.220 e. The van der Waals surface area contributed by atoms with Crippen LogP contribution in [-0.4, -0.2) is 44.1 Å². The van der Waals surface area contributed by atoms with Crippen LogP contribution in [0.5, 0.6) is 0 Å². The number of nitrogens with one attached hydrogen (secondary N) is 3. The van der Waals surface area contributed by atoms with E-state index >= 15 is 0 Å². The lowest BCUT2D eigenvalue weighted by atomic mass is 10.2. The molecule has 1 aromatic carbocycles. The van der Waals surface area contributed by atoms with Gasteiger partial charge in [-0.2, -0.15) is 0 Å². The summed E-state index contributed by atoms with van der Waals surface area (Å²) in [6.45, 7) is 7.75. The summed E-state index contributed by atoms with van der Waals surface area (Å²) in [5, 5.41) is 9.56. The van der Waals surface area contributed by atoms with Crippen molar-refractivity contribution >= 4 is 35.8 Å². The molecule has 0 saturated heterocycles. The van der Waals surface area contributed by atoms with Gasteiger partial charge < -0.3 is 20.7 Å². The first kappa shape index (κ1) is 24.7. The topological polar surface area (TPSA) is 74.8 Å². The lowest BCUT2D eigenvalue weighted by Gasteiger charge is -2.14. The first-order valence-electron chi connectivity index (χ1n) is 10.1. The fourth-order valence-corrected chi connectivity index (χ4v) is 2.58. The summed E-state index contributed by atoms with van der Waals surface area (Å²) in [5.41, 5.74) is 1.19. The van der Waals surface area contributed by atoms with E-state index in [0.717, 1.165) is 38.3 Å². The normalized spacial score (nSPS) is 14.7. The van der Waals surface area contributed by atoms with E-state index in [1.54, 1.807) is 0 Å². The van der Waals surface area contributed by atoms with Gasteiger partial charge in [0.2, 0.25) is 5.91 Å². The monoisotopic (exact) mass is 502 g/mol. The van der Waals surface area contributed by atoms with E-state index in [9.17, 15) is 4.79 Å². The van der Waals surface area contributed by atoms with E-state index in [2.05, 4.69) is 40.0 Å². The molecule has 0 aromatic heterocycles. The van der Waals surface area contributed by atoms with Crippen molar-refractivity contribution in [3.8, 4) is 0 Å². The van der Waals surface area contributed by atoms with Crippen LogP contribution >= 0.6 is 24.0 Å². The molecule has 1 fully saturated rings. The van der Waals surface area contributed by atoms with Crippen LogP contribution in [0.2, 0.25) is 0 Å². The molecule has 7 heteroatoms. The molecule has 1 aliphatic carbocycles. The lowest BCUT2D eigenvalue weighted by molar-refractivity contribution is -0.121. The van der Waals surface area contributed by atoms with Crippen molar-refractivity contribution < 1.29 is 9.53 Å². The van der Waals surface area contributed by atoms with Crippen LogP contribution in [0.25, 0.3) is 0 Å². The van der Waals surface area contributed by atoms with Crippen LogP contribution in [0, 0.1) is 5.92 Å². The van der Waals surface area contributed by atoms with Crippen LogP contribution in [0.4, 0.5) is 0 Å². The number of nitrogens with zero attached hydrogens (tertiary/aromatic N) is 1. The quantitative estimate of drug-likeness (QED) is 0.178. The van der Waals surface area contributed by atoms with Gasteiger partial charge in [-0.25, -0.2) is 0 Å². The molecule has 0 heterocycles. The molecule has 3 N–H and O–H groups in total. The number of hydrogen-bond donors (Lipinski definition) is 3. The SMILES string of the molecule is CCNC(=NCC(C)COCc1ccccc1)NCCCC(=O)NC1CC1.I. The Balaban J connectivity index is 0.00000392. The van der Waals surface area contributed by atoms with E-state index in [4.69, 9.17) is 4.74 Å². The third kappa shape index (κ3) is 11.5. The summed E-state index contributed by atoms with van der Waals surface area (Å²) in [5.74, 6) is 1.30. The first-order chi connectivity index (χ1) is 13.2. The Labute approximate surface area is 186 Å². The fourth-order valence-electron chi connectivity index (χ4n) is 2.58. The minimum atomic E-state index is 0. The molecule has 1 aromatic rings. The van der Waals surface area contributed by atoms with Gasteiger partial charge in [-0.3, -0.25) is 9.79 Å². The number of rotatable bonds is 12. The Bertz CT molecular complexity index is 579. The van der Waals surface area contributed by atoms with Crippen LogP contribution in [0.15, 0.2) is 35.3 Å². The third-order valence-electron chi connectivity index (χ3n) is 4.23. The molecule has 28 heavy (non-hydrogen) atoms. The summed E-state index contributed by atoms with van der Waals surface area (Å²) >= 11 is 0. The maximum Gasteiger partial charge on any atom is 0.220 e. The molecular weight excluding hydrogens is 467 g/mol. The second-order valence-electron chi connectivity index (χ2n) is 7.20. The number of ether oxygens (including phenoxy) is 1. The van der Waals surface area contributed by atoms with Gasteiger partial charge in [0.15, 0.2) is 5.96 Å². The molecule has 1 unspecified atom stereocenters. The van der Waals surface area contributed by atoms with Crippen molar-refractivity contribution in [1.29, 1.82) is 0 Å². The number of benzene rings is 1. The highest BCUT2D eigenvalue weighted by molar-refractivity contribution is 14.0. The van der Waals surface area contributed by atoms with E-state index in [1.165, 1.54) is 5.56 Å². The minimum absolute atomic E-state index is 0. The highest BCUT2D eigenvalue weighted by atomic mass is 127. The molecule has 1 atom stereocenters. The molecule has 158 valence electrons. The standard InChI is InChI=1S/C21H34N4O2.HI/c1-3-22-21(23-13-7-10-20(26)25-19-11-12-19)24-14-17(2)15-27-16-18-8-5-4-6-9-18;/h4-6,8-9,17,19H,3,7,10-16H2,1-2H3,(H,25,26)(H2,22,23,24);1H. The number of halogens is 1. The van der Waals surface area contributed by atoms with Crippen LogP contribution < -0.4 is 16.0 Å². The molecule has 0 aliphatic heterocycles. The Morgan fingerprint density at radius 2 is 2.00 bits per heavy atom. The highest BCUT2D eigenvalue weighted by Gasteiger charge is 2.22. The zero-order valence-corrected chi connectivity index (χ0v) is 19.4. The predicted molar refractivity (Wildman–Crippen MR) is 125 cm³/mol. The zero-order valence-electron chi connectivity index (χ0n) is 17.1. The largest absolute Gasteiger partial charge is 0.376 e. The highest BCUT2D eigenvalue weighted by Crippen LogP contribution is 2.18. The molecule has 1 saturated carbocycles. The number of carbonyl (C=O) groups is 1. The Hall–Kier alpha value is -1.35. The van der Waals surface area contributed by atoms with Gasteiger partial charge in [0, 0.05) is 32.1 Å². The second kappa shape index (κ2) is 14.6. The van der Waals surface area contributed by atoms with Gasteiger partial charge in [-0.05, 0) is 37.7 Å². The maximum absolute atomic E-state index is 11.7. The van der Waals surface area contributed by atoms with Gasteiger partial charge in [0.25, 0.3) is 0 Å². The molecule has 0 spiro atoms. The van der Waals surface area contributed by atoms with Gasteiger partial charge in [0.1, 0.15) is 0 Å². The maximum atomic E-state index is 11.7. The predicted octanol–water partition coefficient (Wildman–Crippen LogP) is 3.07. The fraction of sp³-hybridized carbons (Fsp3) is 0.619. The van der Waals surface area contributed by atoms with E-state index < -0.39 is 0 Å². The molecular formula is C21H35IN4O2. The van der Waals surface area contributed by atoms with Crippen molar-refractivity contribution in [1.82, 2.24) is 16.0 Å². The van der Waals surface area contributed by atoms with Crippen molar-refractivity contribution in [2.24, 2.45) is 10.9 Å². The minimum Gasteiger partial charge on any atom is -0.376 e. The van der Waals surface area contributed by atoms with Gasteiger partial charge in [-0.15, -0.1) is 24.0 Å². The van der Waals surface area contributed by atoms with E-state index in [0.29, 0.717) is 38.1 Å². The lowest BCUT2D eigenvalue weighted by Crippen LogP contribution is -2.38. The van der Waals surface area contributed by atoms with Crippen molar-refractivity contribution in [3.05, 3.63) is 35.9 Å². The Kier molecular flexibility index (Phi) is 12.9. The van der Waals surface area contributed by atoms with Crippen molar-refractivity contribution in [3.63, 3.8) is 0 Å². The van der Waals surface area contributed by atoms with E-state index in [-0.39, 0.29) is 29.9 Å².